The standard InChI is InChI=1S/C20H25NO2/c1-16-13-23-15-20(19-9-4-3-5-10-19)21(16)12-17-7-6-8-18(11-17)14-22-2/h3-11,16,20H,12-15H2,1-2H3/t16-,20-/m1/s1. The van der Waals surface area contributed by atoms with Crippen LogP contribution in [-0.2, 0) is 22.6 Å². The van der Waals surface area contributed by atoms with Crippen molar-refractivity contribution in [3.05, 3.63) is 71.3 Å². The third-order valence-corrected chi connectivity index (χ3v) is 4.45. The van der Waals surface area contributed by atoms with Crippen LogP contribution in [0.3, 0.4) is 0 Å². The van der Waals surface area contributed by atoms with Crippen LogP contribution >= 0.6 is 0 Å². The molecule has 1 aliphatic heterocycles. The highest BCUT2D eigenvalue weighted by molar-refractivity contribution is 5.25. The van der Waals surface area contributed by atoms with Gasteiger partial charge >= 0.3 is 0 Å². The molecule has 3 rings (SSSR count). The first-order chi connectivity index (χ1) is 11.3. The molecule has 0 amide bonds. The van der Waals surface area contributed by atoms with Crippen molar-refractivity contribution in [1.82, 2.24) is 4.90 Å². The molecule has 3 nitrogen and oxygen atoms in total. The second-order valence-corrected chi connectivity index (χ2v) is 6.24. The van der Waals surface area contributed by atoms with Crippen LogP contribution in [0, 0.1) is 0 Å². The minimum atomic E-state index is 0.311. The number of morpholine rings is 1. The number of hydrogen-bond acceptors (Lipinski definition) is 3. The van der Waals surface area contributed by atoms with Gasteiger partial charge in [-0.15, -0.1) is 0 Å². The fourth-order valence-electron chi connectivity index (χ4n) is 3.27. The lowest BCUT2D eigenvalue weighted by molar-refractivity contribution is -0.0490. The number of methoxy groups -OCH3 is 1. The van der Waals surface area contributed by atoms with E-state index in [0.29, 0.717) is 18.7 Å². The Morgan fingerprint density at radius 3 is 2.61 bits per heavy atom. The quantitative estimate of drug-likeness (QED) is 0.838. The van der Waals surface area contributed by atoms with Crippen molar-refractivity contribution < 1.29 is 9.47 Å². The van der Waals surface area contributed by atoms with Crippen LogP contribution in [0.15, 0.2) is 54.6 Å². The molecule has 2 atom stereocenters. The second-order valence-electron chi connectivity index (χ2n) is 6.24. The summed E-state index contributed by atoms with van der Waals surface area (Å²) in [5.74, 6) is 0. The van der Waals surface area contributed by atoms with E-state index in [9.17, 15) is 0 Å². The molecule has 0 unspecified atom stereocenters. The average molecular weight is 311 g/mol. The molecular weight excluding hydrogens is 286 g/mol. The summed E-state index contributed by atoms with van der Waals surface area (Å²) in [7, 11) is 1.74. The summed E-state index contributed by atoms with van der Waals surface area (Å²) in [6, 6.07) is 20.0. The second kappa shape index (κ2) is 7.73. The molecule has 23 heavy (non-hydrogen) atoms. The van der Waals surface area contributed by atoms with Crippen molar-refractivity contribution in [1.29, 1.82) is 0 Å². The van der Waals surface area contributed by atoms with Crippen LogP contribution in [0.2, 0.25) is 0 Å². The maximum absolute atomic E-state index is 5.82. The van der Waals surface area contributed by atoms with Crippen LogP contribution in [0.4, 0.5) is 0 Å². The van der Waals surface area contributed by atoms with Crippen molar-refractivity contribution in [2.45, 2.75) is 32.2 Å². The minimum absolute atomic E-state index is 0.311. The summed E-state index contributed by atoms with van der Waals surface area (Å²) in [5.41, 5.74) is 3.88. The van der Waals surface area contributed by atoms with Gasteiger partial charge in [-0.3, -0.25) is 4.90 Å². The molecule has 0 aromatic heterocycles. The summed E-state index contributed by atoms with van der Waals surface area (Å²) in [5, 5.41) is 0. The van der Waals surface area contributed by atoms with Gasteiger partial charge < -0.3 is 9.47 Å². The third kappa shape index (κ3) is 3.99. The first-order valence-corrected chi connectivity index (χ1v) is 8.23. The van der Waals surface area contributed by atoms with Gasteiger partial charge in [-0.2, -0.15) is 0 Å². The Morgan fingerprint density at radius 2 is 1.83 bits per heavy atom. The molecule has 0 N–H and O–H groups in total. The Morgan fingerprint density at radius 1 is 1.04 bits per heavy atom. The Kier molecular flexibility index (Phi) is 5.44. The van der Waals surface area contributed by atoms with Gasteiger partial charge in [0.15, 0.2) is 0 Å². The number of benzene rings is 2. The van der Waals surface area contributed by atoms with E-state index in [1.807, 2.05) is 0 Å². The molecule has 0 bridgehead atoms. The third-order valence-electron chi connectivity index (χ3n) is 4.45. The van der Waals surface area contributed by atoms with Crippen LogP contribution in [-0.4, -0.2) is 31.3 Å². The van der Waals surface area contributed by atoms with Gasteiger partial charge in [0.1, 0.15) is 0 Å². The summed E-state index contributed by atoms with van der Waals surface area (Å²) >= 11 is 0. The SMILES string of the molecule is COCc1cccc(CN2[C@H](C)COC[C@@H]2c2ccccc2)c1. The van der Waals surface area contributed by atoms with Crippen molar-refractivity contribution >= 4 is 0 Å². The number of nitrogens with zero attached hydrogens (tertiary/aromatic N) is 1. The molecule has 0 spiro atoms. The van der Waals surface area contributed by atoms with Gasteiger partial charge in [-0.05, 0) is 23.6 Å². The minimum Gasteiger partial charge on any atom is -0.380 e. The number of hydrogen-bond donors (Lipinski definition) is 0. The maximum atomic E-state index is 5.82. The number of ether oxygens (including phenoxy) is 2. The smallest absolute Gasteiger partial charge is 0.0713 e. The highest BCUT2D eigenvalue weighted by Crippen LogP contribution is 2.29. The summed E-state index contributed by atoms with van der Waals surface area (Å²) < 4.78 is 11.1. The van der Waals surface area contributed by atoms with Gasteiger partial charge in [-0.25, -0.2) is 0 Å². The Balaban J connectivity index is 1.81. The monoisotopic (exact) mass is 311 g/mol. The fourth-order valence-corrected chi connectivity index (χ4v) is 3.27. The Labute approximate surface area is 138 Å². The van der Waals surface area contributed by atoms with Gasteiger partial charge in [0.25, 0.3) is 0 Å². The van der Waals surface area contributed by atoms with Gasteiger partial charge in [-0.1, -0.05) is 54.6 Å². The summed E-state index contributed by atoms with van der Waals surface area (Å²) in [6.07, 6.45) is 0. The van der Waals surface area contributed by atoms with Crippen LogP contribution in [0.5, 0.6) is 0 Å². The molecular formula is C20H25NO2. The normalized spacial score (nSPS) is 22.2. The maximum Gasteiger partial charge on any atom is 0.0713 e. The van der Waals surface area contributed by atoms with Crippen LogP contribution in [0.1, 0.15) is 29.7 Å². The van der Waals surface area contributed by atoms with E-state index in [4.69, 9.17) is 9.47 Å². The van der Waals surface area contributed by atoms with E-state index in [-0.39, 0.29) is 0 Å². The number of rotatable bonds is 5. The largest absolute Gasteiger partial charge is 0.380 e. The van der Waals surface area contributed by atoms with E-state index in [0.717, 1.165) is 19.8 Å². The summed E-state index contributed by atoms with van der Waals surface area (Å²) in [4.78, 5) is 2.55. The van der Waals surface area contributed by atoms with Gasteiger partial charge in [0.05, 0.1) is 25.9 Å². The van der Waals surface area contributed by atoms with Gasteiger partial charge in [0.2, 0.25) is 0 Å². The molecule has 0 radical (unpaired) electrons. The van der Waals surface area contributed by atoms with Gasteiger partial charge in [0, 0.05) is 19.7 Å². The highest BCUT2D eigenvalue weighted by atomic mass is 16.5. The molecule has 122 valence electrons. The fraction of sp³-hybridized carbons (Fsp3) is 0.400. The Bertz CT molecular complexity index is 614. The highest BCUT2D eigenvalue weighted by Gasteiger charge is 2.29. The van der Waals surface area contributed by atoms with Crippen molar-refractivity contribution in [2.24, 2.45) is 0 Å². The molecule has 2 aromatic carbocycles. The van der Waals surface area contributed by atoms with Crippen molar-refractivity contribution in [3.63, 3.8) is 0 Å². The van der Waals surface area contributed by atoms with E-state index >= 15 is 0 Å². The van der Waals surface area contributed by atoms with Crippen molar-refractivity contribution in [3.8, 4) is 0 Å². The predicted molar refractivity (Wildman–Crippen MR) is 92.2 cm³/mol. The van der Waals surface area contributed by atoms with Crippen molar-refractivity contribution in [2.75, 3.05) is 20.3 Å². The Hall–Kier alpha value is -1.68. The summed E-state index contributed by atoms with van der Waals surface area (Å²) in [6.45, 7) is 5.39. The molecule has 2 aromatic rings. The lowest BCUT2D eigenvalue weighted by atomic mass is 10.0. The molecule has 1 aliphatic rings. The molecule has 1 heterocycles. The molecule has 1 saturated heterocycles. The molecule has 1 fully saturated rings. The zero-order valence-corrected chi connectivity index (χ0v) is 13.9. The van der Waals surface area contributed by atoms with Crippen LogP contribution in [0.25, 0.3) is 0 Å². The predicted octanol–water partition coefficient (Wildman–Crippen LogP) is 3.80. The zero-order valence-electron chi connectivity index (χ0n) is 13.9. The average Bonchev–Trinajstić information content (AvgIpc) is 2.58. The lowest BCUT2D eigenvalue weighted by Gasteiger charge is -2.40. The molecule has 0 saturated carbocycles. The molecule has 3 heteroatoms. The zero-order chi connectivity index (χ0) is 16.1. The molecule has 0 aliphatic carbocycles. The first kappa shape index (κ1) is 16.2. The topological polar surface area (TPSA) is 21.7 Å². The van der Waals surface area contributed by atoms with E-state index in [2.05, 4.69) is 66.4 Å². The lowest BCUT2D eigenvalue weighted by Crippen LogP contribution is -2.45. The van der Waals surface area contributed by atoms with Crippen LogP contribution < -0.4 is 0 Å². The van der Waals surface area contributed by atoms with E-state index in [1.54, 1.807) is 7.11 Å². The van der Waals surface area contributed by atoms with E-state index in [1.165, 1.54) is 16.7 Å². The van der Waals surface area contributed by atoms with E-state index < -0.39 is 0 Å². The first-order valence-electron chi connectivity index (χ1n) is 8.23.